The molecule has 128 valence electrons. The van der Waals surface area contributed by atoms with Gasteiger partial charge in [0.05, 0.1) is 18.1 Å². The Balaban J connectivity index is 2.01. The third-order valence-corrected chi connectivity index (χ3v) is 4.18. The zero-order valence-corrected chi connectivity index (χ0v) is 14.2. The van der Waals surface area contributed by atoms with Crippen LogP contribution in [0.4, 0.5) is 4.39 Å². The monoisotopic (exact) mass is 358 g/mol. The number of benzene rings is 1. The van der Waals surface area contributed by atoms with E-state index in [2.05, 4.69) is 26.9 Å². The third-order valence-electron chi connectivity index (χ3n) is 3.43. The fourth-order valence-corrected chi connectivity index (χ4v) is 2.97. The Hall–Kier alpha value is -2.63. The summed E-state index contributed by atoms with van der Waals surface area (Å²) >= 11 is 1.29. The van der Waals surface area contributed by atoms with Crippen LogP contribution in [0.15, 0.2) is 34.2 Å². The van der Waals surface area contributed by atoms with Crippen LogP contribution in [0.2, 0.25) is 0 Å². The van der Waals surface area contributed by atoms with Gasteiger partial charge in [0.15, 0.2) is 10.8 Å². The van der Waals surface area contributed by atoms with Gasteiger partial charge < -0.3 is 5.11 Å². The van der Waals surface area contributed by atoms with Crippen molar-refractivity contribution in [3.8, 4) is 23.0 Å². The molecule has 0 unspecified atom stereocenters. The summed E-state index contributed by atoms with van der Waals surface area (Å²) in [4.78, 5) is 19.4. The molecule has 0 aliphatic carbocycles. The van der Waals surface area contributed by atoms with Gasteiger partial charge in [0, 0.05) is 12.0 Å². The number of halogens is 1. The van der Waals surface area contributed by atoms with E-state index in [0.29, 0.717) is 34.2 Å². The number of aryl methyl sites for hydroxylation is 1. The number of H-pyrrole nitrogens is 1. The van der Waals surface area contributed by atoms with Crippen molar-refractivity contribution in [2.75, 3.05) is 12.4 Å². The number of thioether (sulfide) groups is 1. The number of aromatic nitrogens is 4. The summed E-state index contributed by atoms with van der Waals surface area (Å²) in [6, 6.07) is 5.99. The standard InChI is InChI=1S/C17H15FN4O2S/c1-11-14(12-5-7-13(18)8-6-12)15-19-16(20-17(24)22(15)21-11)25-10-4-2-3-9-23/h5-8,23H,3,9-10H2,1H3,(H,19,20,24). The molecule has 0 atom stereocenters. The second kappa shape index (κ2) is 7.51. The van der Waals surface area contributed by atoms with Crippen molar-refractivity contribution >= 4 is 17.4 Å². The van der Waals surface area contributed by atoms with Gasteiger partial charge in [0.2, 0.25) is 0 Å². The second-order valence-electron chi connectivity index (χ2n) is 5.17. The van der Waals surface area contributed by atoms with E-state index in [1.54, 1.807) is 19.1 Å². The van der Waals surface area contributed by atoms with E-state index < -0.39 is 5.69 Å². The molecule has 3 rings (SSSR count). The van der Waals surface area contributed by atoms with Gasteiger partial charge in [-0.2, -0.15) is 9.61 Å². The van der Waals surface area contributed by atoms with Crippen molar-refractivity contribution in [1.29, 1.82) is 0 Å². The minimum atomic E-state index is -0.396. The van der Waals surface area contributed by atoms with Crippen LogP contribution < -0.4 is 5.69 Å². The number of nitrogens with zero attached hydrogens (tertiary/aromatic N) is 3. The van der Waals surface area contributed by atoms with Gasteiger partial charge in [-0.1, -0.05) is 29.8 Å². The highest BCUT2D eigenvalue weighted by Crippen LogP contribution is 2.27. The quantitative estimate of drug-likeness (QED) is 0.551. The van der Waals surface area contributed by atoms with Crippen molar-refractivity contribution in [3.05, 3.63) is 46.3 Å². The molecule has 0 bridgehead atoms. The van der Waals surface area contributed by atoms with Crippen molar-refractivity contribution in [1.82, 2.24) is 19.6 Å². The van der Waals surface area contributed by atoms with E-state index in [0.717, 1.165) is 5.56 Å². The van der Waals surface area contributed by atoms with Gasteiger partial charge in [-0.05, 0) is 24.6 Å². The first-order valence-electron chi connectivity index (χ1n) is 7.55. The van der Waals surface area contributed by atoms with Crippen LogP contribution in [0.3, 0.4) is 0 Å². The molecule has 0 fully saturated rings. The number of hydrogen-bond donors (Lipinski definition) is 2. The van der Waals surface area contributed by atoms with E-state index in [1.165, 1.54) is 28.4 Å². The van der Waals surface area contributed by atoms with E-state index in [-0.39, 0.29) is 12.4 Å². The average molecular weight is 358 g/mol. The molecule has 0 saturated heterocycles. The lowest BCUT2D eigenvalue weighted by molar-refractivity contribution is 0.305. The minimum Gasteiger partial charge on any atom is -0.395 e. The second-order valence-corrected chi connectivity index (χ2v) is 6.13. The molecule has 3 aromatic rings. The van der Waals surface area contributed by atoms with Crippen LogP contribution in [0.5, 0.6) is 0 Å². The molecule has 0 amide bonds. The Morgan fingerprint density at radius 1 is 1.32 bits per heavy atom. The van der Waals surface area contributed by atoms with Gasteiger partial charge in [-0.25, -0.2) is 14.2 Å². The first-order chi connectivity index (χ1) is 12.1. The highest BCUT2D eigenvalue weighted by Gasteiger charge is 2.16. The summed E-state index contributed by atoms with van der Waals surface area (Å²) in [6.07, 6.45) is 0.417. The number of fused-ring (bicyclic) bond motifs is 1. The van der Waals surface area contributed by atoms with E-state index in [9.17, 15) is 9.18 Å². The topological polar surface area (TPSA) is 83.3 Å². The Labute approximate surface area is 147 Å². The maximum atomic E-state index is 13.2. The molecule has 2 heterocycles. The summed E-state index contributed by atoms with van der Waals surface area (Å²) in [7, 11) is 0. The van der Waals surface area contributed by atoms with Gasteiger partial charge in [-0.3, -0.25) is 4.98 Å². The number of hydrogen-bond acceptors (Lipinski definition) is 5. The van der Waals surface area contributed by atoms with Crippen LogP contribution in [0, 0.1) is 24.6 Å². The summed E-state index contributed by atoms with van der Waals surface area (Å²) in [5.41, 5.74) is 2.09. The zero-order chi connectivity index (χ0) is 17.8. The molecule has 1 aromatic carbocycles. The Bertz CT molecular complexity index is 1020. The fourth-order valence-electron chi connectivity index (χ4n) is 2.35. The van der Waals surface area contributed by atoms with Gasteiger partial charge in [-0.15, -0.1) is 5.92 Å². The van der Waals surface area contributed by atoms with E-state index in [4.69, 9.17) is 5.11 Å². The number of nitrogens with one attached hydrogen (secondary N) is 1. The minimum absolute atomic E-state index is 0.0227. The predicted molar refractivity (Wildman–Crippen MR) is 93.9 cm³/mol. The highest BCUT2D eigenvalue weighted by atomic mass is 32.2. The Kier molecular flexibility index (Phi) is 5.16. The summed E-state index contributed by atoms with van der Waals surface area (Å²) < 4.78 is 14.4. The fraction of sp³-hybridized carbons (Fsp3) is 0.235. The van der Waals surface area contributed by atoms with Crippen LogP contribution >= 0.6 is 11.8 Å². The third kappa shape index (κ3) is 3.73. The number of aliphatic hydroxyl groups is 1. The molecular formula is C17H15FN4O2S. The molecule has 0 aliphatic rings. The molecular weight excluding hydrogens is 343 g/mol. The molecule has 0 radical (unpaired) electrons. The predicted octanol–water partition coefficient (Wildman–Crippen LogP) is 2.01. The lowest BCUT2D eigenvalue weighted by Crippen LogP contribution is -2.19. The van der Waals surface area contributed by atoms with Gasteiger partial charge in [0.25, 0.3) is 0 Å². The molecule has 0 spiro atoms. The number of aromatic amines is 1. The summed E-state index contributed by atoms with van der Waals surface area (Å²) in [6.45, 7) is 1.80. The van der Waals surface area contributed by atoms with Gasteiger partial charge in [0.1, 0.15) is 5.82 Å². The van der Waals surface area contributed by atoms with Crippen molar-refractivity contribution < 1.29 is 9.50 Å². The largest absolute Gasteiger partial charge is 0.395 e. The summed E-state index contributed by atoms with van der Waals surface area (Å²) in [5, 5.41) is 13.3. The molecule has 2 N–H and O–H groups in total. The highest BCUT2D eigenvalue weighted by molar-refractivity contribution is 7.99. The van der Waals surface area contributed by atoms with Crippen molar-refractivity contribution in [2.24, 2.45) is 0 Å². The molecule has 6 nitrogen and oxygen atoms in total. The van der Waals surface area contributed by atoms with Crippen molar-refractivity contribution in [3.63, 3.8) is 0 Å². The Morgan fingerprint density at radius 2 is 2.08 bits per heavy atom. The number of aliphatic hydroxyl groups excluding tert-OH is 1. The average Bonchev–Trinajstić information content (AvgIpc) is 2.92. The maximum Gasteiger partial charge on any atom is 0.350 e. The van der Waals surface area contributed by atoms with E-state index >= 15 is 0 Å². The molecule has 8 heteroatoms. The van der Waals surface area contributed by atoms with Crippen LogP contribution in [-0.2, 0) is 0 Å². The maximum absolute atomic E-state index is 13.2. The summed E-state index contributed by atoms with van der Waals surface area (Å²) in [5.74, 6) is 5.81. The van der Waals surface area contributed by atoms with Crippen molar-refractivity contribution in [2.45, 2.75) is 18.5 Å². The molecule has 25 heavy (non-hydrogen) atoms. The smallest absolute Gasteiger partial charge is 0.350 e. The SMILES string of the molecule is Cc1nn2c(=O)[nH]c(SCC#CCCO)nc2c1-c1ccc(F)cc1. The van der Waals surface area contributed by atoms with Gasteiger partial charge >= 0.3 is 5.69 Å². The van der Waals surface area contributed by atoms with E-state index in [1.807, 2.05) is 0 Å². The molecule has 0 saturated carbocycles. The molecule has 0 aliphatic heterocycles. The lowest BCUT2D eigenvalue weighted by atomic mass is 10.1. The number of rotatable bonds is 4. The first kappa shape index (κ1) is 17.2. The molecule has 2 aromatic heterocycles. The van der Waals surface area contributed by atoms with Crippen LogP contribution in [-0.4, -0.2) is 37.0 Å². The van der Waals surface area contributed by atoms with Crippen LogP contribution in [0.1, 0.15) is 12.1 Å². The zero-order valence-electron chi connectivity index (χ0n) is 13.4. The van der Waals surface area contributed by atoms with Crippen LogP contribution in [0.25, 0.3) is 16.8 Å². The first-order valence-corrected chi connectivity index (χ1v) is 8.53. The normalized spacial score (nSPS) is 10.7. The lowest BCUT2D eigenvalue weighted by Gasteiger charge is -2.02. The Morgan fingerprint density at radius 3 is 2.80 bits per heavy atom.